The number of imide groups is 1. The number of urea groups is 1. The molecular weight excluding hydrogens is 589 g/mol. The van der Waals surface area contributed by atoms with E-state index in [1.54, 1.807) is 38.1 Å². The SMILES string of the molecule is CC1(C)C(=O)N(c2ccc(C#N)c(Cl)c2)C(=O)N1CCCOc1ccc(-c2cc[n+](O)cc2)cc1Cl.CCPP. The van der Waals surface area contributed by atoms with Crippen LogP contribution in [-0.2, 0) is 4.79 Å². The predicted molar refractivity (Wildman–Crippen MR) is 163 cm³/mol. The van der Waals surface area contributed by atoms with Gasteiger partial charge in [0.05, 0.1) is 27.9 Å². The number of nitrogens with zero attached hydrogens (tertiary/aromatic N) is 4. The fourth-order valence-electron chi connectivity index (χ4n) is 3.99. The van der Waals surface area contributed by atoms with Crippen LogP contribution >= 0.6 is 40.4 Å². The molecule has 0 spiro atoms. The first-order valence-electron chi connectivity index (χ1n) is 12.5. The largest absolute Gasteiger partial charge is 0.492 e. The van der Waals surface area contributed by atoms with Gasteiger partial charge in [-0.15, -0.1) is 17.2 Å². The third kappa shape index (κ3) is 7.22. The topological polar surface area (TPSA) is 97.8 Å². The third-order valence-electron chi connectivity index (χ3n) is 6.22. The van der Waals surface area contributed by atoms with E-state index >= 15 is 0 Å². The van der Waals surface area contributed by atoms with Crippen LogP contribution in [0.2, 0.25) is 10.0 Å². The van der Waals surface area contributed by atoms with Gasteiger partial charge in [-0.05, 0) is 67.9 Å². The number of pyridine rings is 1. The van der Waals surface area contributed by atoms with Crippen molar-refractivity contribution in [3.05, 3.63) is 76.5 Å². The lowest BCUT2D eigenvalue weighted by Crippen LogP contribution is -2.44. The van der Waals surface area contributed by atoms with Gasteiger partial charge in [-0.3, -0.25) is 10.0 Å². The van der Waals surface area contributed by atoms with E-state index in [1.165, 1.54) is 41.7 Å². The van der Waals surface area contributed by atoms with E-state index in [4.69, 9.17) is 33.2 Å². The number of hydrogen-bond donors (Lipinski definition) is 1. The number of halogens is 2. The fourth-order valence-corrected chi connectivity index (χ4v) is 4.44. The summed E-state index contributed by atoms with van der Waals surface area (Å²) in [4.78, 5) is 28.8. The molecule has 12 heteroatoms. The first-order valence-corrected chi connectivity index (χ1v) is 16.2. The van der Waals surface area contributed by atoms with Gasteiger partial charge in [0.2, 0.25) is 12.4 Å². The van der Waals surface area contributed by atoms with Gasteiger partial charge in [0.15, 0.2) is 0 Å². The number of rotatable bonds is 8. The highest BCUT2D eigenvalue weighted by Gasteiger charge is 2.51. The molecule has 1 aliphatic heterocycles. The molecule has 1 N–H and O–H groups in total. The van der Waals surface area contributed by atoms with E-state index < -0.39 is 11.6 Å². The molecule has 3 aromatic rings. The molecule has 40 heavy (non-hydrogen) atoms. The van der Waals surface area contributed by atoms with Crippen LogP contribution in [0.3, 0.4) is 0 Å². The molecular formula is C28H31Cl2N4O4P2+. The second-order valence-electron chi connectivity index (χ2n) is 9.28. The van der Waals surface area contributed by atoms with E-state index in [0.717, 1.165) is 29.0 Å². The number of nitriles is 1. The van der Waals surface area contributed by atoms with Crippen molar-refractivity contribution in [3.8, 4) is 22.9 Å². The van der Waals surface area contributed by atoms with Crippen molar-refractivity contribution in [3.63, 3.8) is 0 Å². The van der Waals surface area contributed by atoms with Crippen molar-refractivity contribution in [1.82, 2.24) is 4.90 Å². The van der Waals surface area contributed by atoms with Gasteiger partial charge in [-0.1, -0.05) is 36.2 Å². The van der Waals surface area contributed by atoms with Crippen LogP contribution in [0.5, 0.6) is 5.75 Å². The zero-order valence-corrected chi connectivity index (χ0v) is 26.1. The van der Waals surface area contributed by atoms with Crippen LogP contribution in [0, 0.1) is 11.3 Å². The van der Waals surface area contributed by atoms with Crippen molar-refractivity contribution in [2.24, 2.45) is 0 Å². The number of aromatic nitrogens is 1. The van der Waals surface area contributed by atoms with Crippen molar-refractivity contribution in [1.29, 1.82) is 5.26 Å². The Kier molecular flexibility index (Phi) is 11.1. The van der Waals surface area contributed by atoms with E-state index in [2.05, 4.69) is 15.9 Å². The van der Waals surface area contributed by atoms with Crippen molar-refractivity contribution >= 4 is 58.0 Å². The number of carbonyl (C=O) groups is 2. The molecule has 2 unspecified atom stereocenters. The maximum Gasteiger partial charge on any atom is 0.332 e. The summed E-state index contributed by atoms with van der Waals surface area (Å²) in [7, 11) is 3.74. The Morgan fingerprint density at radius 3 is 2.33 bits per heavy atom. The Morgan fingerprint density at radius 2 is 1.75 bits per heavy atom. The number of amides is 3. The maximum atomic E-state index is 13.2. The van der Waals surface area contributed by atoms with E-state index in [0.29, 0.717) is 29.4 Å². The van der Waals surface area contributed by atoms with Crippen LogP contribution in [0.4, 0.5) is 10.5 Å². The molecule has 0 saturated carbocycles. The van der Waals surface area contributed by atoms with Crippen LogP contribution in [-0.4, -0.2) is 46.9 Å². The lowest BCUT2D eigenvalue weighted by Gasteiger charge is -2.27. The van der Waals surface area contributed by atoms with E-state index in [9.17, 15) is 14.8 Å². The molecule has 0 bridgehead atoms. The first kappa shape index (κ1) is 31.6. The maximum absolute atomic E-state index is 13.2. The molecule has 0 aliphatic carbocycles. The minimum absolute atomic E-state index is 0.174. The summed E-state index contributed by atoms with van der Waals surface area (Å²) in [5.74, 6) is 0.131. The highest BCUT2D eigenvalue weighted by molar-refractivity contribution is 8.02. The molecule has 8 nitrogen and oxygen atoms in total. The summed E-state index contributed by atoms with van der Waals surface area (Å²) >= 11 is 12.5. The molecule has 2 aromatic carbocycles. The first-order chi connectivity index (χ1) is 19.0. The Balaban J connectivity index is 0.00000103. The van der Waals surface area contributed by atoms with E-state index in [-0.39, 0.29) is 23.1 Å². The molecule has 2 heterocycles. The second kappa shape index (κ2) is 14.1. The van der Waals surface area contributed by atoms with Gasteiger partial charge in [-0.2, -0.15) is 5.26 Å². The Morgan fingerprint density at radius 1 is 1.07 bits per heavy atom. The highest BCUT2D eigenvalue weighted by atomic mass is 35.5. The molecule has 4 rings (SSSR count). The Bertz CT molecular complexity index is 1410. The molecule has 1 aromatic heterocycles. The number of benzene rings is 2. The van der Waals surface area contributed by atoms with Gasteiger partial charge < -0.3 is 9.64 Å². The van der Waals surface area contributed by atoms with Gasteiger partial charge >= 0.3 is 6.03 Å². The smallest absolute Gasteiger partial charge is 0.332 e. The number of hydrogen-bond acceptors (Lipinski definition) is 5. The summed E-state index contributed by atoms with van der Waals surface area (Å²) in [6.07, 6.45) is 4.83. The standard InChI is InChI=1S/C26H23Cl2N4O4.C2H8P2/c1-26(2)24(33)32(20-6-4-19(16-29)21(27)15-20)25(34)31(26)10-3-13-36-23-7-5-18(14-22(23)28)17-8-11-30(35)12-9-17;1-2-4-3/h4-9,11-12,14-15,35H,3,10,13H2,1-2H3;4H,2-3H2,1H3/q+1;. The van der Waals surface area contributed by atoms with Crippen LogP contribution < -0.4 is 14.4 Å². The summed E-state index contributed by atoms with van der Waals surface area (Å²) in [6, 6.07) is 14.9. The summed E-state index contributed by atoms with van der Waals surface area (Å²) in [5, 5.41) is 19.1. The molecule has 1 saturated heterocycles. The second-order valence-corrected chi connectivity index (χ2v) is 12.4. The number of anilines is 1. The number of ether oxygens (including phenoxy) is 1. The number of carbonyl (C=O) groups excluding carboxylic acids is 2. The Hall–Kier alpha value is -2.94. The van der Waals surface area contributed by atoms with Crippen molar-refractivity contribution < 1.29 is 24.3 Å². The zero-order valence-electron chi connectivity index (χ0n) is 22.4. The van der Waals surface area contributed by atoms with Crippen molar-refractivity contribution in [2.75, 3.05) is 24.2 Å². The van der Waals surface area contributed by atoms with Gasteiger partial charge in [0.1, 0.15) is 17.4 Å². The average Bonchev–Trinajstić information content (AvgIpc) is 3.10. The van der Waals surface area contributed by atoms with E-state index in [1.807, 2.05) is 12.1 Å². The normalized spacial score (nSPS) is 14.3. The summed E-state index contributed by atoms with van der Waals surface area (Å²) in [6.45, 7) is 6.13. The zero-order chi connectivity index (χ0) is 29.4. The Labute approximate surface area is 248 Å². The molecule has 210 valence electrons. The summed E-state index contributed by atoms with van der Waals surface area (Å²) in [5.41, 5.74) is 1.29. The predicted octanol–water partition coefficient (Wildman–Crippen LogP) is 6.55. The molecule has 3 amide bonds. The lowest BCUT2D eigenvalue weighted by molar-refractivity contribution is -0.904. The van der Waals surface area contributed by atoms with Gasteiger partial charge in [-0.25, -0.2) is 9.69 Å². The summed E-state index contributed by atoms with van der Waals surface area (Å²) < 4.78 is 6.79. The highest BCUT2D eigenvalue weighted by Crippen LogP contribution is 2.34. The third-order valence-corrected chi connectivity index (χ3v) is 8.46. The molecule has 2 atom stereocenters. The lowest BCUT2D eigenvalue weighted by atomic mass is 10.0. The quantitative estimate of drug-likeness (QED) is 0.101. The minimum atomic E-state index is -1.06. The van der Waals surface area contributed by atoms with Crippen LogP contribution in [0.25, 0.3) is 11.1 Å². The average molecular weight is 620 g/mol. The van der Waals surface area contributed by atoms with Gasteiger partial charge in [0, 0.05) is 23.4 Å². The monoisotopic (exact) mass is 619 g/mol. The minimum Gasteiger partial charge on any atom is -0.492 e. The molecule has 1 aliphatic rings. The van der Waals surface area contributed by atoms with Crippen LogP contribution in [0.15, 0.2) is 60.9 Å². The fraction of sp³-hybridized carbons (Fsp3) is 0.286. The van der Waals surface area contributed by atoms with Gasteiger partial charge in [0.25, 0.3) is 5.91 Å². The van der Waals surface area contributed by atoms with Crippen molar-refractivity contribution in [2.45, 2.75) is 32.7 Å². The molecule has 1 fully saturated rings. The van der Waals surface area contributed by atoms with Crippen LogP contribution in [0.1, 0.15) is 32.8 Å². The molecule has 0 radical (unpaired) electrons.